The van der Waals surface area contributed by atoms with Gasteiger partial charge >= 0.3 is 11.9 Å². The van der Waals surface area contributed by atoms with E-state index in [-0.39, 0.29) is 17.9 Å². The number of ketones is 1. The molecule has 16 heavy (non-hydrogen) atoms. The molecule has 6 heteroatoms. The molecule has 1 aliphatic carbocycles. The van der Waals surface area contributed by atoms with Gasteiger partial charge < -0.3 is 15.1 Å². The third-order valence-electron chi connectivity index (χ3n) is 1.97. The van der Waals surface area contributed by atoms with Gasteiger partial charge in [0.25, 0.3) is 0 Å². The minimum absolute atomic E-state index is 0.132. The molecule has 0 aromatic heterocycles. The number of carbonyl (C=O) groups is 3. The predicted octanol–water partition coefficient (Wildman–Crippen LogP) is -0.130. The largest absolute Gasteiger partial charge is 0.480 e. The molecule has 0 heterocycles. The highest BCUT2D eigenvalue weighted by Gasteiger charge is 2.21. The Balaban J connectivity index is 2.86. The number of allylic oxidation sites excluding steroid dienone is 4. The lowest BCUT2D eigenvalue weighted by Crippen LogP contribution is -2.36. The number of hydrogen-bond acceptors (Lipinski definition) is 4. The number of Topliss-reactive ketones (excluding diaryl/α,β-unsaturated/α-hetero) is 1. The van der Waals surface area contributed by atoms with E-state index in [2.05, 4.69) is 0 Å². The van der Waals surface area contributed by atoms with Crippen molar-refractivity contribution >= 4 is 17.7 Å². The Labute approximate surface area is 91.5 Å². The zero-order valence-corrected chi connectivity index (χ0v) is 8.42. The number of carboxylic acid groups (broad SMARTS) is 2. The molecule has 1 rings (SSSR count). The van der Waals surface area contributed by atoms with Gasteiger partial charge in [-0.25, -0.2) is 0 Å². The number of carboxylic acids is 2. The zero-order chi connectivity index (χ0) is 12.1. The van der Waals surface area contributed by atoms with E-state index in [0.29, 0.717) is 0 Å². The van der Waals surface area contributed by atoms with Crippen LogP contribution in [0.3, 0.4) is 0 Å². The third kappa shape index (κ3) is 3.23. The van der Waals surface area contributed by atoms with Crippen LogP contribution in [0.5, 0.6) is 0 Å². The molecule has 2 N–H and O–H groups in total. The summed E-state index contributed by atoms with van der Waals surface area (Å²) in [5, 5.41) is 17.2. The highest BCUT2D eigenvalue weighted by atomic mass is 16.4. The SMILES string of the molecule is O=C(O)CN(CC(=O)O)C1=CC=CCC1=O. The molecule has 0 aliphatic heterocycles. The van der Waals surface area contributed by atoms with Gasteiger partial charge in [-0.3, -0.25) is 14.4 Å². The normalized spacial score (nSPS) is 14.5. The van der Waals surface area contributed by atoms with E-state index in [1.807, 2.05) is 0 Å². The van der Waals surface area contributed by atoms with Crippen LogP contribution < -0.4 is 0 Å². The van der Waals surface area contributed by atoms with Crippen molar-refractivity contribution in [2.45, 2.75) is 6.42 Å². The summed E-state index contributed by atoms with van der Waals surface area (Å²) in [4.78, 5) is 33.6. The molecule has 0 saturated heterocycles. The number of aliphatic carboxylic acids is 2. The van der Waals surface area contributed by atoms with Gasteiger partial charge in [0, 0.05) is 6.42 Å². The fourth-order valence-corrected chi connectivity index (χ4v) is 1.37. The van der Waals surface area contributed by atoms with Crippen molar-refractivity contribution in [1.29, 1.82) is 0 Å². The average Bonchev–Trinajstić information content (AvgIpc) is 2.15. The van der Waals surface area contributed by atoms with Crippen molar-refractivity contribution < 1.29 is 24.6 Å². The van der Waals surface area contributed by atoms with E-state index in [1.165, 1.54) is 6.08 Å². The summed E-state index contributed by atoms with van der Waals surface area (Å²) in [6, 6.07) is 0. The molecule has 1 aliphatic rings. The zero-order valence-electron chi connectivity index (χ0n) is 8.42. The molecule has 0 spiro atoms. The monoisotopic (exact) mass is 225 g/mol. The van der Waals surface area contributed by atoms with Crippen LogP contribution in [-0.2, 0) is 14.4 Å². The first-order valence-corrected chi connectivity index (χ1v) is 4.59. The van der Waals surface area contributed by atoms with Gasteiger partial charge in [-0.05, 0) is 6.08 Å². The molecule has 0 aromatic rings. The first kappa shape index (κ1) is 12.0. The van der Waals surface area contributed by atoms with Gasteiger partial charge in [-0.1, -0.05) is 12.2 Å². The van der Waals surface area contributed by atoms with E-state index in [1.54, 1.807) is 12.2 Å². The van der Waals surface area contributed by atoms with Crippen molar-refractivity contribution in [1.82, 2.24) is 4.90 Å². The Morgan fingerprint density at radius 1 is 1.25 bits per heavy atom. The van der Waals surface area contributed by atoms with Gasteiger partial charge in [-0.2, -0.15) is 0 Å². The minimum Gasteiger partial charge on any atom is -0.480 e. The first-order valence-electron chi connectivity index (χ1n) is 4.59. The highest BCUT2D eigenvalue weighted by molar-refractivity contribution is 5.98. The molecule has 6 nitrogen and oxygen atoms in total. The van der Waals surface area contributed by atoms with Crippen molar-refractivity contribution in [2.75, 3.05) is 13.1 Å². The summed E-state index contributed by atoms with van der Waals surface area (Å²) in [6.07, 6.45) is 4.83. The van der Waals surface area contributed by atoms with Crippen LogP contribution in [0.2, 0.25) is 0 Å². The van der Waals surface area contributed by atoms with Crippen LogP contribution >= 0.6 is 0 Å². The van der Waals surface area contributed by atoms with Crippen LogP contribution in [0.4, 0.5) is 0 Å². The first-order chi connectivity index (χ1) is 7.50. The average molecular weight is 225 g/mol. The van der Waals surface area contributed by atoms with Crippen molar-refractivity contribution in [3.05, 3.63) is 23.9 Å². The smallest absolute Gasteiger partial charge is 0.323 e. The van der Waals surface area contributed by atoms with E-state index < -0.39 is 25.0 Å². The van der Waals surface area contributed by atoms with Gasteiger partial charge in [0.1, 0.15) is 13.1 Å². The highest BCUT2D eigenvalue weighted by Crippen LogP contribution is 2.12. The molecular formula is C10H11NO5. The third-order valence-corrected chi connectivity index (χ3v) is 1.97. The number of hydrogen-bond donors (Lipinski definition) is 2. The maximum Gasteiger partial charge on any atom is 0.323 e. The van der Waals surface area contributed by atoms with E-state index in [4.69, 9.17) is 10.2 Å². The molecule has 0 saturated carbocycles. The van der Waals surface area contributed by atoms with Crippen molar-refractivity contribution in [3.8, 4) is 0 Å². The Bertz CT molecular complexity index is 367. The van der Waals surface area contributed by atoms with E-state index in [9.17, 15) is 14.4 Å². The summed E-state index contributed by atoms with van der Waals surface area (Å²) in [5.74, 6) is -2.63. The predicted molar refractivity (Wildman–Crippen MR) is 53.7 cm³/mol. The van der Waals surface area contributed by atoms with Gasteiger partial charge in [0.05, 0.1) is 5.70 Å². The maximum atomic E-state index is 11.5. The summed E-state index contributed by atoms with van der Waals surface area (Å²) in [5.41, 5.74) is 0.132. The van der Waals surface area contributed by atoms with Crippen LogP contribution in [0, 0.1) is 0 Å². The van der Waals surface area contributed by atoms with Crippen LogP contribution in [0.15, 0.2) is 23.9 Å². The molecule has 0 amide bonds. The van der Waals surface area contributed by atoms with Gasteiger partial charge in [0.2, 0.25) is 0 Å². The maximum absolute atomic E-state index is 11.5. The fourth-order valence-electron chi connectivity index (χ4n) is 1.37. The van der Waals surface area contributed by atoms with Crippen molar-refractivity contribution in [3.63, 3.8) is 0 Å². The Kier molecular flexibility index (Phi) is 3.82. The molecular weight excluding hydrogens is 214 g/mol. The number of rotatable bonds is 5. The summed E-state index contributed by atoms with van der Waals surface area (Å²) in [7, 11) is 0. The second-order valence-corrected chi connectivity index (χ2v) is 3.25. The molecule has 0 atom stereocenters. The standard InChI is InChI=1S/C10H11NO5/c12-8-4-2-1-3-7(8)11(5-9(13)14)6-10(15)16/h1-3H,4-6H2,(H,13,14)(H,15,16). The second kappa shape index (κ2) is 5.11. The van der Waals surface area contributed by atoms with Crippen LogP contribution in [-0.4, -0.2) is 45.9 Å². The van der Waals surface area contributed by atoms with Crippen LogP contribution in [0.1, 0.15) is 6.42 Å². The summed E-state index contributed by atoms with van der Waals surface area (Å²) < 4.78 is 0. The Morgan fingerprint density at radius 3 is 2.25 bits per heavy atom. The molecule has 0 aromatic carbocycles. The fraction of sp³-hybridized carbons (Fsp3) is 0.300. The summed E-state index contributed by atoms with van der Waals surface area (Å²) >= 11 is 0. The number of nitrogens with zero attached hydrogens (tertiary/aromatic N) is 1. The molecule has 86 valence electrons. The lowest BCUT2D eigenvalue weighted by molar-refractivity contribution is -0.141. The minimum atomic E-state index is -1.18. The van der Waals surface area contributed by atoms with Gasteiger partial charge in [0.15, 0.2) is 5.78 Å². The van der Waals surface area contributed by atoms with E-state index >= 15 is 0 Å². The summed E-state index contributed by atoms with van der Waals surface area (Å²) in [6.45, 7) is -1.00. The number of carbonyl (C=O) groups excluding carboxylic acids is 1. The topological polar surface area (TPSA) is 94.9 Å². The van der Waals surface area contributed by atoms with Crippen molar-refractivity contribution in [2.24, 2.45) is 0 Å². The molecule has 0 bridgehead atoms. The molecule has 0 fully saturated rings. The molecule has 0 unspecified atom stereocenters. The quantitative estimate of drug-likeness (QED) is 0.676. The second-order valence-electron chi connectivity index (χ2n) is 3.25. The molecule has 0 radical (unpaired) electrons. The lowest BCUT2D eigenvalue weighted by atomic mass is 10.1. The van der Waals surface area contributed by atoms with E-state index in [0.717, 1.165) is 4.90 Å². The van der Waals surface area contributed by atoms with Gasteiger partial charge in [-0.15, -0.1) is 0 Å². The Hall–Kier alpha value is -2.11. The Morgan fingerprint density at radius 2 is 1.81 bits per heavy atom. The van der Waals surface area contributed by atoms with Crippen LogP contribution in [0.25, 0.3) is 0 Å². The lowest BCUT2D eigenvalue weighted by Gasteiger charge is -2.23.